The number of hydrogen-bond donors (Lipinski definition) is 4. The second-order valence-corrected chi connectivity index (χ2v) is 10.8. The first-order chi connectivity index (χ1) is 20.1. The smallest absolute Gasteiger partial charge is 0.138 e. The highest BCUT2D eigenvalue weighted by Gasteiger charge is 2.22. The molecule has 4 aromatic carbocycles. The third-order valence-corrected chi connectivity index (χ3v) is 7.99. The first kappa shape index (κ1) is 23.7. The van der Waals surface area contributed by atoms with Gasteiger partial charge in [0, 0.05) is 35.3 Å². The molecule has 1 fully saturated rings. The molecule has 0 saturated carbocycles. The molecule has 1 aliphatic heterocycles. The Hall–Kier alpha value is -5.15. The number of nitrogens with zero attached hydrogens (tertiary/aromatic N) is 4. The standard InChI is InChI=1S/C32H28N8O/c1-41-23-7-2-18(3-8-23)30-34-24-9-4-19(14-27(24)37-30)31-35-25-10-5-20(15-28(25)38-31)32-36-26-11-6-22(16-29(26)39-32)40-13-12-21(33)17-40/h2-11,14-16,21H,12-13,17,33H2,1H3,(H,34,37)(H,35,38)(H,36,39)/p+1. The summed E-state index contributed by atoms with van der Waals surface area (Å²) >= 11 is 0. The van der Waals surface area contributed by atoms with Crippen molar-refractivity contribution in [2.75, 3.05) is 25.1 Å². The van der Waals surface area contributed by atoms with E-state index in [1.807, 2.05) is 42.5 Å². The molecule has 9 heteroatoms. The van der Waals surface area contributed by atoms with Crippen LogP contribution in [0.2, 0.25) is 0 Å². The van der Waals surface area contributed by atoms with Crippen molar-refractivity contribution in [3.05, 3.63) is 78.9 Å². The van der Waals surface area contributed by atoms with Crippen LogP contribution in [0.15, 0.2) is 78.9 Å². The molecule has 1 atom stereocenters. The van der Waals surface area contributed by atoms with Crippen molar-refractivity contribution in [2.24, 2.45) is 0 Å². The zero-order valence-electron chi connectivity index (χ0n) is 22.6. The van der Waals surface area contributed by atoms with E-state index in [-0.39, 0.29) is 0 Å². The van der Waals surface area contributed by atoms with Crippen LogP contribution >= 0.6 is 0 Å². The average molecular weight is 542 g/mol. The van der Waals surface area contributed by atoms with Crippen molar-refractivity contribution >= 4 is 38.8 Å². The van der Waals surface area contributed by atoms with Gasteiger partial charge in [0.25, 0.3) is 0 Å². The summed E-state index contributed by atoms with van der Waals surface area (Å²) in [5.41, 5.74) is 14.2. The van der Waals surface area contributed by atoms with Gasteiger partial charge in [-0.25, -0.2) is 15.0 Å². The normalized spacial score (nSPS) is 15.5. The van der Waals surface area contributed by atoms with Gasteiger partial charge < -0.3 is 30.3 Å². The van der Waals surface area contributed by atoms with E-state index in [1.54, 1.807) is 7.11 Å². The van der Waals surface area contributed by atoms with Crippen molar-refractivity contribution in [1.29, 1.82) is 0 Å². The van der Waals surface area contributed by atoms with Gasteiger partial charge in [-0.3, -0.25) is 0 Å². The Morgan fingerprint density at radius 1 is 0.683 bits per heavy atom. The highest BCUT2D eigenvalue weighted by molar-refractivity contribution is 5.89. The van der Waals surface area contributed by atoms with Gasteiger partial charge in [-0.2, -0.15) is 0 Å². The number of hydrogen-bond acceptors (Lipinski definition) is 5. The molecule has 202 valence electrons. The fourth-order valence-corrected chi connectivity index (χ4v) is 5.73. The van der Waals surface area contributed by atoms with Crippen LogP contribution in [0.25, 0.3) is 67.3 Å². The zero-order chi connectivity index (χ0) is 27.5. The Bertz CT molecular complexity index is 2050. The van der Waals surface area contributed by atoms with E-state index in [1.165, 1.54) is 5.69 Å². The van der Waals surface area contributed by atoms with Crippen LogP contribution in [0.1, 0.15) is 6.42 Å². The molecule has 3 aromatic heterocycles. The molecule has 0 radical (unpaired) electrons. The molecule has 41 heavy (non-hydrogen) atoms. The predicted molar refractivity (Wildman–Crippen MR) is 162 cm³/mol. The van der Waals surface area contributed by atoms with E-state index in [2.05, 4.69) is 62.0 Å². The summed E-state index contributed by atoms with van der Waals surface area (Å²) in [6.45, 7) is 2.05. The minimum absolute atomic E-state index is 0.493. The molecule has 0 spiro atoms. The number of rotatable bonds is 5. The number of fused-ring (bicyclic) bond motifs is 3. The number of anilines is 1. The number of nitrogens with one attached hydrogen (secondary N) is 3. The summed E-state index contributed by atoms with van der Waals surface area (Å²) in [5.74, 6) is 3.29. The van der Waals surface area contributed by atoms with E-state index in [0.717, 1.165) is 92.5 Å². The zero-order valence-corrected chi connectivity index (χ0v) is 22.6. The van der Waals surface area contributed by atoms with E-state index < -0.39 is 0 Å². The maximum Gasteiger partial charge on any atom is 0.138 e. The summed E-state index contributed by atoms with van der Waals surface area (Å²) in [6, 6.07) is 27.2. The molecular formula is C32H29N8O+. The Morgan fingerprint density at radius 3 is 1.73 bits per heavy atom. The second-order valence-electron chi connectivity index (χ2n) is 10.8. The van der Waals surface area contributed by atoms with Gasteiger partial charge >= 0.3 is 0 Å². The van der Waals surface area contributed by atoms with Crippen LogP contribution in [0, 0.1) is 0 Å². The average Bonchev–Trinajstić information content (AvgIpc) is 3.80. The number of benzene rings is 4. The van der Waals surface area contributed by atoms with Crippen molar-refractivity contribution in [1.82, 2.24) is 29.9 Å². The molecule has 1 saturated heterocycles. The van der Waals surface area contributed by atoms with Gasteiger partial charge in [0.05, 0.1) is 46.8 Å². The highest BCUT2D eigenvalue weighted by atomic mass is 16.5. The van der Waals surface area contributed by atoms with Crippen molar-refractivity contribution in [2.45, 2.75) is 12.5 Å². The molecule has 0 bridgehead atoms. The first-order valence-electron chi connectivity index (χ1n) is 13.8. The van der Waals surface area contributed by atoms with Crippen LogP contribution < -0.4 is 15.4 Å². The van der Waals surface area contributed by atoms with Gasteiger partial charge in [-0.05, 0) is 78.9 Å². The van der Waals surface area contributed by atoms with Gasteiger partial charge in [0.1, 0.15) is 29.3 Å². The molecule has 1 unspecified atom stereocenters. The number of aromatic amines is 3. The first-order valence-corrected chi connectivity index (χ1v) is 13.8. The van der Waals surface area contributed by atoms with Gasteiger partial charge in [-0.1, -0.05) is 0 Å². The number of imidazole rings is 3. The van der Waals surface area contributed by atoms with Crippen LogP contribution in [-0.2, 0) is 0 Å². The van der Waals surface area contributed by atoms with Crippen molar-refractivity contribution in [3.63, 3.8) is 0 Å². The van der Waals surface area contributed by atoms with Gasteiger partial charge in [-0.15, -0.1) is 0 Å². The quantitative estimate of drug-likeness (QED) is 0.240. The van der Waals surface area contributed by atoms with E-state index in [4.69, 9.17) is 19.7 Å². The Balaban J connectivity index is 1.09. The minimum Gasteiger partial charge on any atom is -0.497 e. The molecule has 8 rings (SSSR count). The second kappa shape index (κ2) is 9.21. The SMILES string of the molecule is COc1ccc(-c2nc3ccc(-c4nc5ccc(-c6nc7ccc(N8CCC([NH3+])C8)cc7[nH]6)cc5[nH]4)cc3[nH]2)cc1. The lowest BCUT2D eigenvalue weighted by Crippen LogP contribution is -2.61. The maximum atomic E-state index is 5.27. The van der Waals surface area contributed by atoms with E-state index >= 15 is 0 Å². The summed E-state index contributed by atoms with van der Waals surface area (Å²) in [4.78, 5) is 27.4. The number of methoxy groups -OCH3 is 1. The van der Waals surface area contributed by atoms with Crippen LogP contribution in [-0.4, -0.2) is 56.1 Å². The lowest BCUT2D eigenvalue weighted by Gasteiger charge is -2.16. The Kier molecular flexibility index (Phi) is 5.33. The number of ether oxygens (including phenoxy) is 1. The number of H-pyrrole nitrogens is 3. The summed E-state index contributed by atoms with van der Waals surface area (Å²) in [5, 5.41) is 0. The Morgan fingerprint density at radius 2 is 1.20 bits per heavy atom. The monoisotopic (exact) mass is 541 g/mol. The summed E-state index contributed by atoms with van der Waals surface area (Å²) < 4.78 is 5.27. The number of aromatic nitrogens is 6. The molecule has 0 aliphatic carbocycles. The van der Waals surface area contributed by atoms with Crippen molar-refractivity contribution in [3.8, 4) is 39.9 Å². The van der Waals surface area contributed by atoms with E-state index in [9.17, 15) is 0 Å². The summed E-state index contributed by atoms with van der Waals surface area (Å²) in [7, 11) is 1.67. The van der Waals surface area contributed by atoms with Gasteiger partial charge in [0.15, 0.2) is 0 Å². The van der Waals surface area contributed by atoms with Gasteiger partial charge in [0.2, 0.25) is 0 Å². The maximum absolute atomic E-state index is 5.27. The minimum atomic E-state index is 0.493. The fraction of sp³-hybridized carbons (Fsp3) is 0.156. The molecule has 4 heterocycles. The topological polar surface area (TPSA) is 126 Å². The molecular weight excluding hydrogens is 512 g/mol. The Labute approximate surface area is 235 Å². The molecule has 1 aliphatic rings. The molecule has 9 nitrogen and oxygen atoms in total. The predicted octanol–water partition coefficient (Wildman–Crippen LogP) is 5.15. The lowest BCUT2D eigenvalue weighted by atomic mass is 10.2. The van der Waals surface area contributed by atoms with Crippen molar-refractivity contribution < 1.29 is 10.5 Å². The largest absolute Gasteiger partial charge is 0.497 e. The van der Waals surface area contributed by atoms with Crippen LogP contribution in [0.5, 0.6) is 5.75 Å². The molecule has 6 N–H and O–H groups in total. The molecule has 7 aromatic rings. The van der Waals surface area contributed by atoms with Crippen LogP contribution in [0.3, 0.4) is 0 Å². The van der Waals surface area contributed by atoms with E-state index in [0.29, 0.717) is 6.04 Å². The molecule has 0 amide bonds. The fourth-order valence-electron chi connectivity index (χ4n) is 5.73. The number of quaternary nitrogens is 1. The lowest BCUT2D eigenvalue weighted by molar-refractivity contribution is -0.412. The third-order valence-electron chi connectivity index (χ3n) is 7.99. The third kappa shape index (κ3) is 4.18. The summed E-state index contributed by atoms with van der Waals surface area (Å²) in [6.07, 6.45) is 1.14. The highest BCUT2D eigenvalue weighted by Crippen LogP contribution is 2.30. The van der Waals surface area contributed by atoms with Crippen LogP contribution in [0.4, 0.5) is 5.69 Å².